The second-order valence-electron chi connectivity index (χ2n) is 5.97. The van der Waals surface area contributed by atoms with E-state index in [1.807, 2.05) is 6.20 Å². The van der Waals surface area contributed by atoms with Crippen LogP contribution in [0.4, 0.5) is 0 Å². The summed E-state index contributed by atoms with van der Waals surface area (Å²) in [5.41, 5.74) is 5.69. The molecule has 3 aromatic rings. The standard InChI is InChI=1S/C16H16IN4OP/c1-9-2-5-14-12(7-20-21(14)23-17)15(9)10-3-4-11-13(6-10)18-8-19-16(11)22/h2,5,7-8,10,23H,3-4,6H2,1H3,(H,18,19,22). The molecule has 1 aliphatic rings. The van der Waals surface area contributed by atoms with Crippen LogP contribution in [0.5, 0.6) is 0 Å². The number of aromatic nitrogens is 4. The lowest BCUT2D eigenvalue weighted by Gasteiger charge is -2.25. The number of nitrogens with zero attached hydrogens (tertiary/aromatic N) is 3. The summed E-state index contributed by atoms with van der Waals surface area (Å²) in [7, 11) is 0. The molecule has 23 heavy (non-hydrogen) atoms. The molecule has 1 aliphatic carbocycles. The average Bonchev–Trinajstić information content (AvgIpc) is 2.97. The quantitative estimate of drug-likeness (QED) is 0.492. The molecule has 0 bridgehead atoms. The van der Waals surface area contributed by atoms with E-state index in [0.29, 0.717) is 12.3 Å². The zero-order valence-electron chi connectivity index (χ0n) is 12.6. The Bertz CT molecular complexity index is 949. The van der Waals surface area contributed by atoms with Gasteiger partial charge >= 0.3 is 0 Å². The van der Waals surface area contributed by atoms with Crippen molar-refractivity contribution in [3.05, 3.63) is 57.4 Å². The van der Waals surface area contributed by atoms with Gasteiger partial charge in [-0.25, -0.2) is 9.44 Å². The minimum absolute atomic E-state index is 0.0160. The molecule has 2 atom stereocenters. The molecule has 0 aliphatic heterocycles. The van der Waals surface area contributed by atoms with E-state index < -0.39 is 0 Å². The fourth-order valence-corrected chi connectivity index (χ4v) is 5.18. The van der Waals surface area contributed by atoms with Gasteiger partial charge in [0.15, 0.2) is 0 Å². The third-order valence-electron chi connectivity index (χ3n) is 4.72. The second kappa shape index (κ2) is 5.98. The molecule has 1 N–H and O–H groups in total. The first kappa shape index (κ1) is 15.3. The van der Waals surface area contributed by atoms with Crippen LogP contribution in [-0.4, -0.2) is 19.5 Å². The van der Waals surface area contributed by atoms with Crippen LogP contribution in [0.15, 0.2) is 29.5 Å². The van der Waals surface area contributed by atoms with Gasteiger partial charge in [0.1, 0.15) is 0 Å². The Morgan fingerprint density at radius 3 is 3.13 bits per heavy atom. The topological polar surface area (TPSA) is 63.6 Å². The Hall–Kier alpha value is -1.27. The minimum atomic E-state index is 0.0160. The molecular formula is C16H16IN4OP. The van der Waals surface area contributed by atoms with Gasteiger partial charge in [0.2, 0.25) is 0 Å². The van der Waals surface area contributed by atoms with E-state index >= 15 is 0 Å². The summed E-state index contributed by atoms with van der Waals surface area (Å²) in [5.74, 6) is 0.399. The highest BCUT2D eigenvalue weighted by Crippen LogP contribution is 2.38. The zero-order valence-corrected chi connectivity index (χ0v) is 15.8. The molecule has 0 saturated carbocycles. The van der Waals surface area contributed by atoms with Gasteiger partial charge in [-0.15, -0.1) is 0 Å². The first-order valence-electron chi connectivity index (χ1n) is 7.58. The molecule has 118 valence electrons. The fraction of sp³-hybridized carbons (Fsp3) is 0.312. The average molecular weight is 438 g/mol. The molecule has 2 heterocycles. The summed E-state index contributed by atoms with van der Waals surface area (Å²) in [6.45, 7) is 2.17. The molecule has 4 rings (SSSR count). The van der Waals surface area contributed by atoms with E-state index in [-0.39, 0.29) is 5.56 Å². The zero-order chi connectivity index (χ0) is 16.0. The smallest absolute Gasteiger partial charge is 0.254 e. The van der Waals surface area contributed by atoms with Gasteiger partial charge in [0.05, 0.1) is 30.1 Å². The number of benzene rings is 1. The molecule has 1 aromatic carbocycles. The molecule has 0 radical (unpaired) electrons. The number of H-pyrrole nitrogens is 1. The summed E-state index contributed by atoms with van der Waals surface area (Å²) >= 11 is 2.36. The molecular weight excluding hydrogens is 422 g/mol. The third-order valence-corrected chi connectivity index (χ3v) is 6.61. The lowest BCUT2D eigenvalue weighted by Crippen LogP contribution is -2.24. The summed E-state index contributed by atoms with van der Waals surface area (Å²) in [4.78, 5) is 19.0. The number of rotatable bonds is 2. The number of halogens is 1. The predicted molar refractivity (Wildman–Crippen MR) is 102 cm³/mol. The van der Waals surface area contributed by atoms with Gasteiger partial charge in [-0.2, -0.15) is 5.10 Å². The number of aryl methyl sites for hydroxylation is 1. The van der Waals surface area contributed by atoms with Crippen molar-refractivity contribution in [2.24, 2.45) is 0 Å². The summed E-state index contributed by atoms with van der Waals surface area (Å²) < 4.78 is 2.05. The molecule has 0 fully saturated rings. The van der Waals surface area contributed by atoms with E-state index in [1.54, 1.807) is 0 Å². The van der Waals surface area contributed by atoms with Crippen LogP contribution in [0.25, 0.3) is 10.9 Å². The molecule has 0 spiro atoms. The Kier molecular flexibility index (Phi) is 3.97. The van der Waals surface area contributed by atoms with Crippen molar-refractivity contribution in [3.8, 4) is 0 Å². The summed E-state index contributed by atoms with van der Waals surface area (Å²) in [6.07, 6.45) is 6.72. The van der Waals surface area contributed by atoms with Gasteiger partial charge in [0.25, 0.3) is 5.56 Å². The SMILES string of the molecule is Cc1ccc2c(cnn2PI)c1C1CCc2c(nc[nH]c2=O)C1. The van der Waals surface area contributed by atoms with Gasteiger partial charge < -0.3 is 4.98 Å². The van der Waals surface area contributed by atoms with E-state index in [9.17, 15) is 4.79 Å². The van der Waals surface area contributed by atoms with Crippen molar-refractivity contribution in [1.82, 2.24) is 19.5 Å². The lowest BCUT2D eigenvalue weighted by molar-refractivity contribution is 0.567. The lowest BCUT2D eigenvalue weighted by atomic mass is 9.80. The van der Waals surface area contributed by atoms with Crippen LogP contribution in [0.3, 0.4) is 0 Å². The van der Waals surface area contributed by atoms with Crippen LogP contribution in [0.2, 0.25) is 0 Å². The van der Waals surface area contributed by atoms with E-state index in [0.717, 1.165) is 30.5 Å². The number of nitrogens with one attached hydrogen (secondary N) is 1. The van der Waals surface area contributed by atoms with Gasteiger partial charge in [-0.05, 0) is 71.3 Å². The first-order chi connectivity index (χ1) is 11.2. The van der Waals surface area contributed by atoms with E-state index in [2.05, 4.69) is 60.6 Å². The summed E-state index contributed by atoms with van der Waals surface area (Å²) in [5, 5.41) is 5.76. The molecule has 7 heteroatoms. The third kappa shape index (κ3) is 2.52. The largest absolute Gasteiger partial charge is 0.313 e. The van der Waals surface area contributed by atoms with Crippen molar-refractivity contribution in [2.75, 3.05) is 0 Å². The molecule has 0 saturated heterocycles. The number of hydrogen-bond acceptors (Lipinski definition) is 3. The fourth-order valence-electron chi connectivity index (χ4n) is 3.64. The van der Waals surface area contributed by atoms with Gasteiger partial charge in [0, 0.05) is 10.9 Å². The molecule has 0 amide bonds. The minimum Gasteiger partial charge on any atom is -0.313 e. The molecule has 5 nitrogen and oxygen atoms in total. The van der Waals surface area contributed by atoms with Gasteiger partial charge in [-0.3, -0.25) is 4.79 Å². The molecule has 2 unspecified atom stereocenters. The first-order valence-corrected chi connectivity index (χ1v) is 11.6. The van der Waals surface area contributed by atoms with Crippen molar-refractivity contribution >= 4 is 39.3 Å². The molecule has 2 aromatic heterocycles. The van der Waals surface area contributed by atoms with Crippen LogP contribution in [0, 0.1) is 6.92 Å². The normalized spacial score (nSPS) is 17.9. The maximum absolute atomic E-state index is 11.9. The maximum Gasteiger partial charge on any atom is 0.254 e. The highest BCUT2D eigenvalue weighted by atomic mass is 127. The summed E-state index contributed by atoms with van der Waals surface area (Å²) in [6, 6.07) is 4.35. The van der Waals surface area contributed by atoms with Crippen LogP contribution >= 0.6 is 28.4 Å². The Balaban J connectivity index is 1.83. The maximum atomic E-state index is 11.9. The van der Waals surface area contributed by atoms with Crippen molar-refractivity contribution in [3.63, 3.8) is 0 Å². The second-order valence-corrected chi connectivity index (χ2v) is 8.01. The number of fused-ring (bicyclic) bond motifs is 2. The highest BCUT2D eigenvalue weighted by Gasteiger charge is 2.26. The van der Waals surface area contributed by atoms with Crippen molar-refractivity contribution in [2.45, 2.75) is 32.1 Å². The highest BCUT2D eigenvalue weighted by molar-refractivity contribution is 14.2. The Morgan fingerprint density at radius 1 is 1.43 bits per heavy atom. The van der Waals surface area contributed by atoms with Crippen LogP contribution < -0.4 is 5.56 Å². The predicted octanol–water partition coefficient (Wildman–Crippen LogP) is 3.49. The Labute approximate surface area is 148 Å². The number of aromatic amines is 1. The van der Waals surface area contributed by atoms with Gasteiger partial charge in [-0.1, -0.05) is 6.07 Å². The monoisotopic (exact) mass is 438 g/mol. The van der Waals surface area contributed by atoms with Crippen molar-refractivity contribution < 1.29 is 0 Å². The Morgan fingerprint density at radius 2 is 2.30 bits per heavy atom. The van der Waals surface area contributed by atoms with Crippen molar-refractivity contribution in [1.29, 1.82) is 0 Å². The van der Waals surface area contributed by atoms with E-state index in [4.69, 9.17) is 0 Å². The van der Waals surface area contributed by atoms with E-state index in [1.165, 1.54) is 28.4 Å². The van der Waals surface area contributed by atoms with Crippen LogP contribution in [0.1, 0.15) is 34.7 Å². The number of hydrogen-bond donors (Lipinski definition) is 1. The van der Waals surface area contributed by atoms with Crippen LogP contribution in [-0.2, 0) is 12.8 Å².